The number of rotatable bonds is 4. The zero-order valence-electron chi connectivity index (χ0n) is 16.4. The third-order valence-electron chi connectivity index (χ3n) is 5.00. The van der Waals surface area contributed by atoms with Gasteiger partial charge in [-0.05, 0) is 30.7 Å². The number of fused-ring (bicyclic) bond motifs is 2. The highest BCUT2D eigenvalue weighted by molar-refractivity contribution is 5.92. The summed E-state index contributed by atoms with van der Waals surface area (Å²) >= 11 is 0. The standard InChI is InChI=1S/C22H22N4O3/c1-14-17-5-3-4-6-18(17)29-19(14)13-26(2)21(28)8-7-15-9-16-11-23-20(27)12-25-22(16)24-10-15/h3-10H,11-13H2,1-2H3,(H,23,27)(H,24,25)/b8-7+. The van der Waals surface area contributed by atoms with Crippen molar-refractivity contribution in [1.82, 2.24) is 15.2 Å². The van der Waals surface area contributed by atoms with Crippen molar-refractivity contribution in [2.75, 3.05) is 18.9 Å². The number of hydrogen-bond acceptors (Lipinski definition) is 5. The highest BCUT2D eigenvalue weighted by Gasteiger charge is 2.15. The first-order valence-corrected chi connectivity index (χ1v) is 9.41. The molecule has 0 radical (unpaired) electrons. The van der Waals surface area contributed by atoms with Gasteiger partial charge in [0.1, 0.15) is 17.2 Å². The number of aromatic nitrogens is 1. The van der Waals surface area contributed by atoms with Gasteiger partial charge in [-0.1, -0.05) is 18.2 Å². The van der Waals surface area contributed by atoms with Crippen LogP contribution in [0.2, 0.25) is 0 Å². The van der Waals surface area contributed by atoms with Crippen molar-refractivity contribution >= 4 is 34.7 Å². The topological polar surface area (TPSA) is 87.5 Å². The van der Waals surface area contributed by atoms with Gasteiger partial charge in [0.15, 0.2) is 0 Å². The third-order valence-corrected chi connectivity index (χ3v) is 5.00. The lowest BCUT2D eigenvalue weighted by Crippen LogP contribution is -2.25. The molecule has 4 rings (SSSR count). The summed E-state index contributed by atoms with van der Waals surface area (Å²) < 4.78 is 5.90. The zero-order chi connectivity index (χ0) is 20.4. The van der Waals surface area contributed by atoms with Crippen LogP contribution < -0.4 is 10.6 Å². The Morgan fingerprint density at radius 2 is 2.10 bits per heavy atom. The molecule has 0 bridgehead atoms. The van der Waals surface area contributed by atoms with Crippen molar-refractivity contribution in [3.63, 3.8) is 0 Å². The number of aryl methyl sites for hydroxylation is 1. The second kappa shape index (κ2) is 7.79. The summed E-state index contributed by atoms with van der Waals surface area (Å²) in [5.74, 6) is 1.26. The average molecular weight is 390 g/mol. The first-order valence-electron chi connectivity index (χ1n) is 9.41. The summed E-state index contributed by atoms with van der Waals surface area (Å²) in [6.45, 7) is 3.01. The molecule has 3 heterocycles. The van der Waals surface area contributed by atoms with E-state index in [1.165, 1.54) is 6.08 Å². The van der Waals surface area contributed by atoms with Crippen LogP contribution in [0.1, 0.15) is 22.5 Å². The molecule has 0 atom stereocenters. The van der Waals surface area contributed by atoms with Crippen LogP contribution in [0, 0.1) is 6.92 Å². The lowest BCUT2D eigenvalue weighted by atomic mass is 10.1. The number of pyridine rings is 1. The molecule has 1 aliphatic rings. The third kappa shape index (κ3) is 3.99. The fraction of sp³-hybridized carbons (Fsp3) is 0.227. The number of nitrogens with one attached hydrogen (secondary N) is 2. The fourth-order valence-corrected chi connectivity index (χ4v) is 3.30. The van der Waals surface area contributed by atoms with Gasteiger partial charge in [-0.25, -0.2) is 4.98 Å². The van der Waals surface area contributed by atoms with Crippen LogP contribution >= 0.6 is 0 Å². The van der Waals surface area contributed by atoms with Crippen LogP contribution in [-0.2, 0) is 22.7 Å². The van der Waals surface area contributed by atoms with Crippen molar-refractivity contribution < 1.29 is 14.0 Å². The number of anilines is 1. The lowest BCUT2D eigenvalue weighted by molar-refractivity contribution is -0.125. The van der Waals surface area contributed by atoms with Crippen molar-refractivity contribution in [3.8, 4) is 0 Å². The number of para-hydroxylation sites is 1. The van der Waals surface area contributed by atoms with Crippen molar-refractivity contribution in [3.05, 3.63) is 65.1 Å². The molecule has 0 spiro atoms. The number of likely N-dealkylation sites (N-methyl/N-ethyl adjacent to an activating group) is 1. The van der Waals surface area contributed by atoms with E-state index in [2.05, 4.69) is 15.6 Å². The Labute approximate surface area is 168 Å². The second-order valence-corrected chi connectivity index (χ2v) is 7.08. The van der Waals surface area contributed by atoms with Gasteiger partial charge in [-0.15, -0.1) is 0 Å². The predicted molar refractivity (Wildman–Crippen MR) is 111 cm³/mol. The molecule has 0 saturated carbocycles. The molecule has 148 valence electrons. The van der Waals surface area contributed by atoms with Crippen molar-refractivity contribution in [1.29, 1.82) is 0 Å². The summed E-state index contributed by atoms with van der Waals surface area (Å²) in [5.41, 5.74) is 3.56. The Balaban J connectivity index is 1.45. The van der Waals surface area contributed by atoms with E-state index in [0.717, 1.165) is 33.4 Å². The normalized spacial score (nSPS) is 13.7. The molecule has 2 amide bonds. The number of carbonyl (C=O) groups excluding carboxylic acids is 2. The molecule has 7 heteroatoms. The highest BCUT2D eigenvalue weighted by Crippen LogP contribution is 2.25. The van der Waals surface area contributed by atoms with Crippen LogP contribution in [0.5, 0.6) is 0 Å². The summed E-state index contributed by atoms with van der Waals surface area (Å²) in [6.07, 6.45) is 4.92. The molecular weight excluding hydrogens is 368 g/mol. The summed E-state index contributed by atoms with van der Waals surface area (Å²) in [5, 5.41) is 6.86. The molecule has 7 nitrogen and oxygen atoms in total. The van der Waals surface area contributed by atoms with Crippen molar-refractivity contribution in [2.24, 2.45) is 0 Å². The molecule has 1 aromatic carbocycles. The number of amides is 2. The van der Waals surface area contributed by atoms with Crippen LogP contribution in [-0.4, -0.2) is 35.3 Å². The van der Waals surface area contributed by atoms with Gasteiger partial charge in [0.2, 0.25) is 11.8 Å². The van der Waals surface area contributed by atoms with Crippen LogP contribution in [0.15, 0.2) is 47.0 Å². The number of carbonyl (C=O) groups is 2. The van der Waals surface area contributed by atoms with Gasteiger partial charge in [0.25, 0.3) is 0 Å². The number of benzene rings is 1. The molecule has 0 aliphatic carbocycles. The number of hydrogen-bond donors (Lipinski definition) is 2. The van der Waals surface area contributed by atoms with E-state index in [-0.39, 0.29) is 18.4 Å². The summed E-state index contributed by atoms with van der Waals surface area (Å²) in [4.78, 5) is 30.0. The smallest absolute Gasteiger partial charge is 0.246 e. The van der Waals surface area contributed by atoms with Gasteiger partial charge in [0.05, 0.1) is 13.1 Å². The first-order chi connectivity index (χ1) is 14.0. The molecule has 0 saturated heterocycles. The van der Waals surface area contributed by atoms with E-state index < -0.39 is 0 Å². The van der Waals surface area contributed by atoms with Gasteiger partial charge < -0.3 is 20.0 Å². The average Bonchev–Trinajstić information content (AvgIpc) is 2.92. The van der Waals surface area contributed by atoms with Crippen LogP contribution in [0.3, 0.4) is 0 Å². The van der Waals surface area contributed by atoms with Crippen molar-refractivity contribution in [2.45, 2.75) is 20.0 Å². The Morgan fingerprint density at radius 3 is 2.93 bits per heavy atom. The molecule has 0 unspecified atom stereocenters. The van der Waals surface area contributed by atoms with Gasteiger partial charge in [-0.3, -0.25) is 9.59 Å². The predicted octanol–water partition coefficient (Wildman–Crippen LogP) is 2.85. The monoisotopic (exact) mass is 390 g/mol. The van der Waals surface area contributed by atoms with E-state index in [1.54, 1.807) is 24.2 Å². The molecule has 0 fully saturated rings. The Kier molecular flexibility index (Phi) is 5.03. The van der Waals surface area contributed by atoms with E-state index >= 15 is 0 Å². The quantitative estimate of drug-likeness (QED) is 0.669. The SMILES string of the molecule is Cc1c(CN(C)C(=O)/C=C/c2cnc3c(c2)CNC(=O)CN3)oc2ccccc12. The fourth-order valence-electron chi connectivity index (χ4n) is 3.30. The van der Waals surface area contributed by atoms with E-state index in [9.17, 15) is 9.59 Å². The highest BCUT2D eigenvalue weighted by atomic mass is 16.3. The zero-order valence-corrected chi connectivity index (χ0v) is 16.4. The summed E-state index contributed by atoms with van der Waals surface area (Å²) in [6, 6.07) is 9.76. The minimum Gasteiger partial charge on any atom is -0.459 e. The number of nitrogens with zero attached hydrogens (tertiary/aromatic N) is 2. The molecule has 29 heavy (non-hydrogen) atoms. The van der Waals surface area contributed by atoms with E-state index in [1.807, 2.05) is 37.3 Å². The van der Waals surface area contributed by atoms with E-state index in [0.29, 0.717) is 18.9 Å². The summed E-state index contributed by atoms with van der Waals surface area (Å²) in [7, 11) is 1.74. The molecule has 1 aliphatic heterocycles. The molecule has 2 N–H and O–H groups in total. The van der Waals surface area contributed by atoms with Crippen LogP contribution in [0.4, 0.5) is 5.82 Å². The maximum atomic E-state index is 12.5. The Morgan fingerprint density at radius 1 is 1.28 bits per heavy atom. The Hall–Kier alpha value is -3.61. The number of furan rings is 1. The van der Waals surface area contributed by atoms with Crippen LogP contribution in [0.25, 0.3) is 17.0 Å². The minimum atomic E-state index is -0.133. The second-order valence-electron chi connectivity index (χ2n) is 7.08. The first kappa shape index (κ1) is 18.7. The van der Waals surface area contributed by atoms with Gasteiger partial charge in [-0.2, -0.15) is 0 Å². The largest absolute Gasteiger partial charge is 0.459 e. The maximum absolute atomic E-state index is 12.5. The maximum Gasteiger partial charge on any atom is 0.246 e. The van der Waals surface area contributed by atoms with Gasteiger partial charge >= 0.3 is 0 Å². The molecular formula is C22H22N4O3. The molecule has 2 aromatic heterocycles. The van der Waals surface area contributed by atoms with Gasteiger partial charge in [0, 0.05) is 42.4 Å². The molecule has 3 aromatic rings. The Bertz CT molecular complexity index is 1120. The van der Waals surface area contributed by atoms with E-state index in [4.69, 9.17) is 4.42 Å². The minimum absolute atomic E-state index is 0.0715. The lowest BCUT2D eigenvalue weighted by Gasteiger charge is -2.14.